The summed E-state index contributed by atoms with van der Waals surface area (Å²) in [7, 11) is 0. The summed E-state index contributed by atoms with van der Waals surface area (Å²) in [6.45, 7) is 0. The maximum Gasteiger partial charge on any atom is 0.177 e. The molecule has 4 aromatic rings. The van der Waals surface area contributed by atoms with E-state index in [0.717, 1.165) is 16.7 Å². The van der Waals surface area contributed by atoms with Crippen molar-refractivity contribution in [1.82, 2.24) is 9.97 Å². The molecule has 0 fully saturated rings. The first kappa shape index (κ1) is 12.8. The molecule has 3 aromatic carbocycles. The first-order valence-corrected chi connectivity index (χ1v) is 7.49. The summed E-state index contributed by atoms with van der Waals surface area (Å²) in [6, 6.07) is 20.3. The minimum Gasteiger partial charge on any atom is -0.232 e. The van der Waals surface area contributed by atoms with Gasteiger partial charge in [0.1, 0.15) is 12.1 Å². The molecule has 0 atom stereocenters. The Morgan fingerprint density at radius 1 is 0.708 bits per heavy atom. The topological polar surface area (TPSA) is 73.4 Å². The fourth-order valence-corrected chi connectivity index (χ4v) is 3.55. The second-order valence-corrected chi connectivity index (χ2v) is 5.71. The first-order valence-electron chi connectivity index (χ1n) is 7.49. The zero-order chi connectivity index (χ0) is 16.3. The summed E-state index contributed by atoms with van der Waals surface area (Å²) < 4.78 is 0. The summed E-state index contributed by atoms with van der Waals surface area (Å²) in [5.41, 5.74) is 5.81. The molecule has 1 aromatic heterocycles. The number of hydrogen-bond donors (Lipinski definition) is 0. The van der Waals surface area contributed by atoms with E-state index in [9.17, 15) is 5.26 Å². The number of benzene rings is 3. The number of nitrogens with zero attached hydrogens (tertiary/aromatic N) is 4. The molecule has 0 amide bonds. The van der Waals surface area contributed by atoms with Crippen molar-refractivity contribution in [3.8, 4) is 34.4 Å². The smallest absolute Gasteiger partial charge is 0.177 e. The molecular formula is C20H8N4. The van der Waals surface area contributed by atoms with E-state index in [0.29, 0.717) is 11.0 Å². The second-order valence-electron chi connectivity index (χ2n) is 5.71. The van der Waals surface area contributed by atoms with Crippen molar-refractivity contribution >= 4 is 21.8 Å². The number of aromatic nitrogens is 2. The zero-order valence-electron chi connectivity index (χ0n) is 12.4. The van der Waals surface area contributed by atoms with Crippen LogP contribution in [0.2, 0.25) is 0 Å². The van der Waals surface area contributed by atoms with Crippen LogP contribution in [0.5, 0.6) is 0 Å². The summed E-state index contributed by atoms with van der Waals surface area (Å²) >= 11 is 0. The summed E-state index contributed by atoms with van der Waals surface area (Å²) in [5.74, 6) is 0. The maximum absolute atomic E-state index is 9.28. The Hall–Kier alpha value is -3.76. The Labute approximate surface area is 137 Å². The highest BCUT2D eigenvalue weighted by Gasteiger charge is 2.24. The molecule has 0 radical (unpaired) electrons. The van der Waals surface area contributed by atoms with Crippen LogP contribution in [0.3, 0.4) is 0 Å². The van der Waals surface area contributed by atoms with Crippen LogP contribution in [0.4, 0.5) is 0 Å². The summed E-state index contributed by atoms with van der Waals surface area (Å²) in [4.78, 5) is 8.78. The predicted octanol–water partition coefficient (Wildman–Crippen LogP) is 4.17. The Balaban J connectivity index is 2.00. The van der Waals surface area contributed by atoms with Crippen LogP contribution in [0.1, 0.15) is 11.4 Å². The quantitative estimate of drug-likeness (QED) is 0.430. The van der Waals surface area contributed by atoms with Gasteiger partial charge in [0.05, 0.1) is 11.0 Å². The van der Waals surface area contributed by atoms with Gasteiger partial charge in [0.25, 0.3) is 0 Å². The maximum atomic E-state index is 9.28. The largest absolute Gasteiger partial charge is 0.232 e. The van der Waals surface area contributed by atoms with E-state index in [1.54, 1.807) is 0 Å². The summed E-state index contributed by atoms with van der Waals surface area (Å²) in [5, 5.41) is 20.8. The van der Waals surface area contributed by atoms with Gasteiger partial charge < -0.3 is 0 Å². The third-order valence-corrected chi connectivity index (χ3v) is 4.51. The fraction of sp³-hybridized carbons (Fsp3) is 0. The molecule has 0 unspecified atom stereocenters. The van der Waals surface area contributed by atoms with Crippen molar-refractivity contribution < 1.29 is 0 Å². The molecule has 1 aliphatic rings. The average molecular weight is 304 g/mol. The minimum atomic E-state index is 0.0682. The van der Waals surface area contributed by atoms with Crippen LogP contribution >= 0.6 is 0 Å². The van der Waals surface area contributed by atoms with Gasteiger partial charge in [-0.15, -0.1) is 0 Å². The molecular weight excluding hydrogens is 296 g/mol. The molecule has 24 heavy (non-hydrogen) atoms. The third-order valence-electron chi connectivity index (χ3n) is 4.51. The molecule has 4 nitrogen and oxygen atoms in total. The van der Waals surface area contributed by atoms with Gasteiger partial charge in [0.2, 0.25) is 0 Å². The second kappa shape index (κ2) is 4.38. The molecule has 1 heterocycles. The fourth-order valence-electron chi connectivity index (χ4n) is 3.55. The van der Waals surface area contributed by atoms with Gasteiger partial charge in [0, 0.05) is 5.56 Å². The van der Waals surface area contributed by atoms with Gasteiger partial charge in [-0.3, -0.25) is 0 Å². The van der Waals surface area contributed by atoms with Crippen molar-refractivity contribution in [2.24, 2.45) is 0 Å². The molecule has 0 saturated carbocycles. The molecule has 0 aliphatic heterocycles. The van der Waals surface area contributed by atoms with Gasteiger partial charge in [-0.1, -0.05) is 42.5 Å². The predicted molar refractivity (Wildman–Crippen MR) is 90.9 cm³/mol. The number of hydrogen-bond acceptors (Lipinski definition) is 4. The highest BCUT2D eigenvalue weighted by Crippen LogP contribution is 2.49. The van der Waals surface area contributed by atoms with E-state index in [2.05, 4.69) is 34.2 Å². The molecule has 1 aliphatic carbocycles. The van der Waals surface area contributed by atoms with Gasteiger partial charge in [-0.2, -0.15) is 10.5 Å². The molecule has 5 rings (SSSR count). The highest BCUT2D eigenvalue weighted by molar-refractivity contribution is 6.20. The molecule has 0 N–H and O–H groups in total. The Kier molecular flexibility index (Phi) is 2.33. The van der Waals surface area contributed by atoms with Crippen LogP contribution < -0.4 is 0 Å². The van der Waals surface area contributed by atoms with Crippen LogP contribution in [0.25, 0.3) is 44.1 Å². The van der Waals surface area contributed by atoms with Crippen molar-refractivity contribution in [1.29, 1.82) is 10.5 Å². The van der Waals surface area contributed by atoms with Gasteiger partial charge in [0.15, 0.2) is 11.4 Å². The number of rotatable bonds is 0. The van der Waals surface area contributed by atoms with Crippen molar-refractivity contribution in [2.75, 3.05) is 0 Å². The SMILES string of the molecule is N#Cc1nc2ccc3c(c2nc1C#N)-c1cccc2cccc-3c12. The Morgan fingerprint density at radius 2 is 1.42 bits per heavy atom. The van der Waals surface area contributed by atoms with E-state index in [1.165, 1.54) is 16.3 Å². The highest BCUT2D eigenvalue weighted by atomic mass is 14.8. The Bertz CT molecular complexity index is 1270. The molecule has 0 saturated heterocycles. The lowest BCUT2D eigenvalue weighted by molar-refractivity contribution is 1.20. The van der Waals surface area contributed by atoms with E-state index >= 15 is 0 Å². The lowest BCUT2D eigenvalue weighted by Gasteiger charge is -2.07. The minimum absolute atomic E-state index is 0.0682. The van der Waals surface area contributed by atoms with Gasteiger partial charge >= 0.3 is 0 Å². The van der Waals surface area contributed by atoms with Gasteiger partial charge in [-0.25, -0.2) is 9.97 Å². The zero-order valence-corrected chi connectivity index (χ0v) is 12.4. The van der Waals surface area contributed by atoms with Gasteiger partial charge in [-0.05, 0) is 33.5 Å². The third kappa shape index (κ3) is 1.45. The molecule has 108 valence electrons. The van der Waals surface area contributed by atoms with Crippen LogP contribution in [-0.4, -0.2) is 9.97 Å². The monoisotopic (exact) mass is 304 g/mol. The number of fused-ring (bicyclic) bond motifs is 5. The lowest BCUT2D eigenvalue weighted by atomic mass is 10.0. The standard InChI is InChI=1S/C20H8N4/c21-9-16-17(10-22)24-20-15(23-16)8-7-13-12-5-1-3-11-4-2-6-14(18(11)12)19(13)20/h1-8H. The van der Waals surface area contributed by atoms with Crippen LogP contribution in [-0.2, 0) is 0 Å². The normalized spacial score (nSPS) is 11.2. The molecule has 4 heteroatoms. The molecule has 0 bridgehead atoms. The molecule has 0 spiro atoms. The van der Waals surface area contributed by atoms with Crippen molar-refractivity contribution in [3.05, 3.63) is 59.9 Å². The van der Waals surface area contributed by atoms with Crippen molar-refractivity contribution in [2.45, 2.75) is 0 Å². The van der Waals surface area contributed by atoms with E-state index in [4.69, 9.17) is 5.26 Å². The van der Waals surface area contributed by atoms with Crippen molar-refractivity contribution in [3.63, 3.8) is 0 Å². The van der Waals surface area contributed by atoms with Crippen LogP contribution in [0, 0.1) is 22.7 Å². The van der Waals surface area contributed by atoms with E-state index in [-0.39, 0.29) is 11.4 Å². The lowest BCUT2D eigenvalue weighted by Crippen LogP contribution is -1.97. The average Bonchev–Trinajstić information content (AvgIpc) is 2.97. The summed E-state index contributed by atoms with van der Waals surface area (Å²) in [6.07, 6.45) is 0. The number of nitriles is 2. The van der Waals surface area contributed by atoms with Crippen LogP contribution in [0.15, 0.2) is 48.5 Å². The Morgan fingerprint density at radius 3 is 2.17 bits per heavy atom. The van der Waals surface area contributed by atoms with E-state index in [1.807, 2.05) is 36.4 Å². The first-order chi connectivity index (χ1) is 11.8. The van der Waals surface area contributed by atoms with E-state index < -0.39 is 0 Å².